The molecule has 2 aromatic carbocycles. The third kappa shape index (κ3) is 4.07. The van der Waals surface area contributed by atoms with Gasteiger partial charge in [0.05, 0.1) is 0 Å². The summed E-state index contributed by atoms with van der Waals surface area (Å²) in [6, 6.07) is 18.5. The molecule has 2 aromatic rings. The molecule has 0 radical (unpaired) electrons. The van der Waals surface area contributed by atoms with Crippen LogP contribution in [0.1, 0.15) is 11.1 Å². The van der Waals surface area contributed by atoms with Crippen molar-refractivity contribution in [2.75, 3.05) is 7.05 Å². The smallest absolute Gasteiger partial charge is 0.414 e. The zero-order chi connectivity index (χ0) is 17.6. The van der Waals surface area contributed by atoms with Gasteiger partial charge < -0.3 is 9.64 Å². The molecular weight excluding hydrogens is 316 g/mol. The minimum atomic E-state index is -0.610. The zero-order valence-corrected chi connectivity index (χ0v) is 14.0. The van der Waals surface area contributed by atoms with Crippen LogP contribution in [-0.2, 0) is 22.6 Å². The minimum absolute atomic E-state index is 0.136. The average Bonchev–Trinajstić information content (AvgIpc) is 2.65. The van der Waals surface area contributed by atoms with Gasteiger partial charge in [0.15, 0.2) is 0 Å². The summed E-state index contributed by atoms with van der Waals surface area (Å²) < 4.78 is 5.38. The van der Waals surface area contributed by atoms with Gasteiger partial charge in [-0.25, -0.2) is 4.79 Å². The maximum Gasteiger partial charge on any atom is 0.414 e. The molecule has 0 fully saturated rings. The topological polar surface area (TPSA) is 49.9 Å². The van der Waals surface area contributed by atoms with E-state index in [-0.39, 0.29) is 12.5 Å². The lowest BCUT2D eigenvalue weighted by molar-refractivity contribution is -0.133. The van der Waals surface area contributed by atoms with E-state index in [4.69, 9.17) is 4.74 Å². The Labute approximate surface area is 147 Å². The lowest BCUT2D eigenvalue weighted by Crippen LogP contribution is -2.50. The Morgan fingerprint density at radius 3 is 2.20 bits per heavy atom. The quantitative estimate of drug-likeness (QED) is 0.862. The Kier molecular flexibility index (Phi) is 5.14. The number of amides is 2. The summed E-state index contributed by atoms with van der Waals surface area (Å²) in [5.41, 5.74) is 1.89. The number of rotatable bonds is 4. The Hall–Kier alpha value is -3.08. The Morgan fingerprint density at radius 2 is 1.56 bits per heavy atom. The fourth-order valence-corrected chi connectivity index (χ4v) is 2.71. The van der Waals surface area contributed by atoms with Crippen LogP contribution in [0.25, 0.3) is 0 Å². The molecule has 1 aliphatic heterocycles. The predicted octanol–water partition coefficient (Wildman–Crippen LogP) is 3.18. The molecule has 1 unspecified atom stereocenters. The highest BCUT2D eigenvalue weighted by molar-refractivity contribution is 5.88. The number of carbonyl (C=O) groups is 2. The van der Waals surface area contributed by atoms with Crippen molar-refractivity contribution in [3.63, 3.8) is 0 Å². The van der Waals surface area contributed by atoms with E-state index >= 15 is 0 Å². The van der Waals surface area contributed by atoms with Gasteiger partial charge in [0.1, 0.15) is 12.6 Å². The lowest BCUT2D eigenvalue weighted by Gasteiger charge is -2.33. The van der Waals surface area contributed by atoms with E-state index in [0.717, 1.165) is 11.1 Å². The maximum absolute atomic E-state index is 12.5. The summed E-state index contributed by atoms with van der Waals surface area (Å²) in [7, 11) is 1.68. The van der Waals surface area contributed by atoms with Crippen molar-refractivity contribution >= 4 is 12.0 Å². The van der Waals surface area contributed by atoms with Gasteiger partial charge in [-0.05, 0) is 11.1 Å². The number of nitrogens with zero attached hydrogens (tertiary/aromatic N) is 2. The van der Waals surface area contributed by atoms with E-state index in [1.165, 1.54) is 9.80 Å². The van der Waals surface area contributed by atoms with Crippen molar-refractivity contribution in [2.45, 2.75) is 19.1 Å². The highest BCUT2D eigenvalue weighted by Gasteiger charge is 2.34. The van der Waals surface area contributed by atoms with Gasteiger partial charge in [-0.15, -0.1) is 0 Å². The lowest BCUT2D eigenvalue weighted by atomic mass is 10.0. The van der Waals surface area contributed by atoms with Crippen LogP contribution < -0.4 is 0 Å². The molecule has 0 aromatic heterocycles. The van der Waals surface area contributed by atoms with Gasteiger partial charge in [0, 0.05) is 25.9 Å². The first-order valence-electron chi connectivity index (χ1n) is 8.13. The fourth-order valence-electron chi connectivity index (χ4n) is 2.71. The fraction of sp³-hybridized carbons (Fsp3) is 0.200. The Balaban J connectivity index is 1.73. The Bertz CT molecular complexity index is 759. The van der Waals surface area contributed by atoms with E-state index < -0.39 is 12.1 Å². The molecule has 5 nitrogen and oxygen atoms in total. The van der Waals surface area contributed by atoms with Crippen molar-refractivity contribution in [3.8, 4) is 0 Å². The van der Waals surface area contributed by atoms with Crippen LogP contribution in [0.2, 0.25) is 0 Å². The molecule has 0 aliphatic carbocycles. The van der Waals surface area contributed by atoms with Crippen molar-refractivity contribution in [1.29, 1.82) is 0 Å². The van der Waals surface area contributed by atoms with Crippen LogP contribution in [-0.4, -0.2) is 34.9 Å². The van der Waals surface area contributed by atoms with Crippen LogP contribution in [0.4, 0.5) is 4.79 Å². The monoisotopic (exact) mass is 336 g/mol. The van der Waals surface area contributed by atoms with Crippen molar-refractivity contribution in [2.24, 2.45) is 0 Å². The molecule has 3 rings (SSSR count). The molecule has 0 N–H and O–H groups in total. The first kappa shape index (κ1) is 16.8. The molecule has 5 heteroatoms. The van der Waals surface area contributed by atoms with Crippen LogP contribution >= 0.6 is 0 Å². The normalized spacial score (nSPS) is 16.8. The maximum atomic E-state index is 12.5. The van der Waals surface area contributed by atoms with Crippen LogP contribution in [0.5, 0.6) is 0 Å². The standard InChI is InChI=1S/C20H20N2O3/c1-21-12-13-22(20(24)25-15-17-10-6-3-7-11-17)18(19(21)23)14-16-8-4-2-5-9-16/h2-13,18H,14-15H2,1H3. The van der Waals surface area contributed by atoms with Crippen molar-refractivity contribution in [1.82, 2.24) is 9.80 Å². The van der Waals surface area contributed by atoms with Gasteiger partial charge in [-0.3, -0.25) is 9.69 Å². The molecular formula is C20H20N2O3. The van der Waals surface area contributed by atoms with E-state index in [1.54, 1.807) is 19.4 Å². The molecule has 1 aliphatic rings. The molecule has 128 valence electrons. The zero-order valence-electron chi connectivity index (χ0n) is 14.0. The SMILES string of the molecule is CN1C=CN(C(=O)OCc2ccccc2)C(Cc2ccccc2)C1=O. The summed E-state index contributed by atoms with van der Waals surface area (Å²) in [6.45, 7) is 0.173. The van der Waals surface area contributed by atoms with Crippen molar-refractivity contribution in [3.05, 3.63) is 84.2 Å². The van der Waals surface area contributed by atoms with E-state index in [0.29, 0.717) is 6.42 Å². The first-order chi connectivity index (χ1) is 12.1. The molecule has 0 saturated heterocycles. The number of ether oxygens (including phenoxy) is 1. The second-order valence-corrected chi connectivity index (χ2v) is 5.90. The van der Waals surface area contributed by atoms with Gasteiger partial charge >= 0.3 is 6.09 Å². The Morgan fingerprint density at radius 1 is 0.960 bits per heavy atom. The van der Waals surface area contributed by atoms with E-state index in [9.17, 15) is 9.59 Å². The van der Waals surface area contributed by atoms with Gasteiger partial charge in [-0.2, -0.15) is 0 Å². The predicted molar refractivity (Wildman–Crippen MR) is 94.3 cm³/mol. The molecule has 1 atom stereocenters. The van der Waals surface area contributed by atoms with Crippen LogP contribution in [0.3, 0.4) is 0 Å². The summed E-state index contributed by atoms with van der Waals surface area (Å²) >= 11 is 0. The largest absolute Gasteiger partial charge is 0.444 e. The van der Waals surface area contributed by atoms with Gasteiger partial charge in [-0.1, -0.05) is 60.7 Å². The third-order valence-electron chi connectivity index (χ3n) is 4.11. The summed E-state index contributed by atoms with van der Waals surface area (Å²) in [6.07, 6.45) is 3.09. The molecule has 0 spiro atoms. The van der Waals surface area contributed by atoms with Gasteiger partial charge in [0.25, 0.3) is 0 Å². The second kappa shape index (κ2) is 7.66. The molecule has 0 saturated carbocycles. The van der Waals surface area contributed by atoms with E-state index in [2.05, 4.69) is 0 Å². The number of carbonyl (C=O) groups excluding carboxylic acids is 2. The molecule has 2 amide bonds. The molecule has 1 heterocycles. The highest BCUT2D eigenvalue weighted by Crippen LogP contribution is 2.18. The number of hydrogen-bond acceptors (Lipinski definition) is 3. The minimum Gasteiger partial charge on any atom is -0.444 e. The van der Waals surface area contributed by atoms with E-state index in [1.807, 2.05) is 60.7 Å². The number of likely N-dealkylation sites (N-methyl/N-ethyl adjacent to an activating group) is 1. The van der Waals surface area contributed by atoms with Crippen molar-refractivity contribution < 1.29 is 14.3 Å². The summed E-state index contributed by atoms with van der Waals surface area (Å²) in [5.74, 6) is -0.136. The molecule has 25 heavy (non-hydrogen) atoms. The first-order valence-corrected chi connectivity index (χ1v) is 8.13. The highest BCUT2D eigenvalue weighted by atomic mass is 16.6. The van der Waals surface area contributed by atoms with Crippen LogP contribution in [0.15, 0.2) is 73.1 Å². The molecule has 0 bridgehead atoms. The third-order valence-corrected chi connectivity index (χ3v) is 4.11. The average molecular weight is 336 g/mol. The van der Waals surface area contributed by atoms with Gasteiger partial charge in [0.2, 0.25) is 5.91 Å². The number of hydrogen-bond donors (Lipinski definition) is 0. The summed E-state index contributed by atoms with van der Waals surface area (Å²) in [5, 5.41) is 0. The van der Waals surface area contributed by atoms with Crippen LogP contribution in [0, 0.1) is 0 Å². The second-order valence-electron chi connectivity index (χ2n) is 5.90. The number of benzene rings is 2. The summed E-state index contributed by atoms with van der Waals surface area (Å²) in [4.78, 5) is 27.9.